The molecule has 0 saturated heterocycles. The third-order valence-electron chi connectivity index (χ3n) is 3.05. The number of aliphatic carboxylic acids is 1. The van der Waals surface area contributed by atoms with Gasteiger partial charge in [-0.25, -0.2) is 0 Å². The quantitative estimate of drug-likeness (QED) is 0.620. The molecule has 3 nitrogen and oxygen atoms in total. The first-order valence-corrected chi connectivity index (χ1v) is 3.93. The van der Waals surface area contributed by atoms with E-state index in [1.54, 1.807) is 0 Å². The van der Waals surface area contributed by atoms with Crippen molar-refractivity contribution in [3.05, 3.63) is 0 Å². The molecule has 2 unspecified atom stereocenters. The topological polar surface area (TPSA) is 63.3 Å². The Morgan fingerprint density at radius 2 is 2.27 bits per heavy atom. The summed E-state index contributed by atoms with van der Waals surface area (Å²) in [5.74, 6) is -0.473. The van der Waals surface area contributed by atoms with Crippen LogP contribution in [0.25, 0.3) is 0 Å². The van der Waals surface area contributed by atoms with E-state index in [2.05, 4.69) is 0 Å². The number of rotatable bonds is 2. The SMILES string of the molecule is CC1(C)C(CN)CC1C(=O)O. The Morgan fingerprint density at radius 1 is 1.73 bits per heavy atom. The van der Waals surface area contributed by atoms with Gasteiger partial charge in [-0.2, -0.15) is 0 Å². The summed E-state index contributed by atoms with van der Waals surface area (Å²) in [5.41, 5.74) is 5.38. The molecule has 64 valence electrons. The lowest BCUT2D eigenvalue weighted by atomic mass is 9.55. The standard InChI is InChI=1S/C8H15NO2/c1-8(2)5(4-9)3-6(8)7(10)11/h5-6H,3-4,9H2,1-2H3,(H,10,11). The molecule has 0 aliphatic heterocycles. The van der Waals surface area contributed by atoms with Crippen LogP contribution >= 0.6 is 0 Å². The highest BCUT2D eigenvalue weighted by atomic mass is 16.4. The number of hydrogen-bond acceptors (Lipinski definition) is 2. The van der Waals surface area contributed by atoms with Crippen LogP contribution in [0.4, 0.5) is 0 Å². The largest absolute Gasteiger partial charge is 0.481 e. The van der Waals surface area contributed by atoms with E-state index in [9.17, 15) is 4.79 Å². The smallest absolute Gasteiger partial charge is 0.307 e. The first-order valence-electron chi connectivity index (χ1n) is 3.93. The molecule has 0 radical (unpaired) electrons. The summed E-state index contributed by atoms with van der Waals surface area (Å²) in [5, 5.41) is 8.74. The number of hydrogen-bond donors (Lipinski definition) is 2. The third-order valence-corrected chi connectivity index (χ3v) is 3.05. The molecular formula is C8H15NO2. The summed E-state index contributed by atoms with van der Waals surface area (Å²) in [4.78, 5) is 10.6. The highest BCUT2D eigenvalue weighted by Crippen LogP contribution is 2.50. The number of carboxylic acids is 1. The molecule has 1 rings (SSSR count). The van der Waals surface area contributed by atoms with Gasteiger partial charge in [-0.3, -0.25) is 4.79 Å². The second-order valence-corrected chi connectivity index (χ2v) is 3.88. The van der Waals surface area contributed by atoms with Crippen LogP contribution in [0.3, 0.4) is 0 Å². The molecular weight excluding hydrogens is 142 g/mol. The molecule has 0 spiro atoms. The van der Waals surface area contributed by atoms with E-state index in [0.717, 1.165) is 6.42 Å². The summed E-state index contributed by atoms with van der Waals surface area (Å²) in [7, 11) is 0. The summed E-state index contributed by atoms with van der Waals surface area (Å²) in [6.45, 7) is 4.57. The number of carboxylic acid groups (broad SMARTS) is 1. The van der Waals surface area contributed by atoms with Gasteiger partial charge in [0.1, 0.15) is 0 Å². The zero-order chi connectivity index (χ0) is 8.65. The van der Waals surface area contributed by atoms with Crippen molar-refractivity contribution < 1.29 is 9.90 Å². The molecule has 2 atom stereocenters. The summed E-state index contributed by atoms with van der Waals surface area (Å²) >= 11 is 0. The number of carbonyl (C=O) groups is 1. The van der Waals surface area contributed by atoms with Crippen molar-refractivity contribution in [1.82, 2.24) is 0 Å². The van der Waals surface area contributed by atoms with Gasteiger partial charge in [0.05, 0.1) is 5.92 Å². The Labute approximate surface area is 66.6 Å². The Morgan fingerprint density at radius 3 is 2.55 bits per heavy atom. The van der Waals surface area contributed by atoms with Crippen molar-refractivity contribution in [3.8, 4) is 0 Å². The van der Waals surface area contributed by atoms with Crippen LogP contribution in [0, 0.1) is 17.3 Å². The van der Waals surface area contributed by atoms with Gasteiger partial charge in [-0.05, 0) is 24.3 Å². The second kappa shape index (κ2) is 2.48. The van der Waals surface area contributed by atoms with Gasteiger partial charge in [0.2, 0.25) is 0 Å². The van der Waals surface area contributed by atoms with E-state index in [4.69, 9.17) is 10.8 Å². The average molecular weight is 157 g/mol. The molecule has 3 heteroatoms. The maximum absolute atomic E-state index is 10.6. The molecule has 3 N–H and O–H groups in total. The van der Waals surface area contributed by atoms with Crippen molar-refractivity contribution in [2.45, 2.75) is 20.3 Å². The molecule has 1 fully saturated rings. The summed E-state index contributed by atoms with van der Waals surface area (Å²) in [6.07, 6.45) is 0.749. The zero-order valence-electron chi connectivity index (χ0n) is 7.00. The molecule has 0 aromatic heterocycles. The van der Waals surface area contributed by atoms with Crippen LogP contribution in [0.2, 0.25) is 0 Å². The van der Waals surface area contributed by atoms with Crippen molar-refractivity contribution in [1.29, 1.82) is 0 Å². The molecule has 11 heavy (non-hydrogen) atoms. The van der Waals surface area contributed by atoms with Crippen LogP contribution < -0.4 is 5.73 Å². The minimum absolute atomic E-state index is 0.0966. The Bertz CT molecular complexity index is 177. The maximum atomic E-state index is 10.6. The lowest BCUT2D eigenvalue weighted by Crippen LogP contribution is -2.51. The van der Waals surface area contributed by atoms with E-state index in [-0.39, 0.29) is 11.3 Å². The van der Waals surface area contributed by atoms with Crippen molar-refractivity contribution >= 4 is 5.97 Å². The van der Waals surface area contributed by atoms with E-state index < -0.39 is 5.97 Å². The van der Waals surface area contributed by atoms with Crippen molar-refractivity contribution in [2.24, 2.45) is 23.0 Å². The molecule has 0 amide bonds. The molecule has 1 aliphatic carbocycles. The van der Waals surface area contributed by atoms with Gasteiger partial charge < -0.3 is 10.8 Å². The molecule has 0 aromatic carbocycles. The molecule has 0 bridgehead atoms. The van der Waals surface area contributed by atoms with Crippen molar-refractivity contribution in [3.63, 3.8) is 0 Å². The van der Waals surface area contributed by atoms with Crippen LogP contribution in [-0.2, 0) is 4.79 Å². The maximum Gasteiger partial charge on any atom is 0.307 e. The van der Waals surface area contributed by atoms with Gasteiger partial charge in [-0.15, -0.1) is 0 Å². The van der Waals surface area contributed by atoms with Gasteiger partial charge in [0, 0.05) is 0 Å². The first kappa shape index (κ1) is 8.53. The molecule has 0 heterocycles. The van der Waals surface area contributed by atoms with Crippen LogP contribution in [0.1, 0.15) is 20.3 Å². The van der Waals surface area contributed by atoms with Gasteiger partial charge in [0.15, 0.2) is 0 Å². The average Bonchev–Trinajstić information content (AvgIpc) is 1.85. The van der Waals surface area contributed by atoms with Crippen LogP contribution in [0.5, 0.6) is 0 Å². The van der Waals surface area contributed by atoms with Crippen LogP contribution in [-0.4, -0.2) is 17.6 Å². The Hall–Kier alpha value is -0.570. The zero-order valence-corrected chi connectivity index (χ0v) is 7.00. The number of nitrogens with two attached hydrogens (primary N) is 1. The Balaban J connectivity index is 2.61. The van der Waals surface area contributed by atoms with Gasteiger partial charge >= 0.3 is 5.97 Å². The normalized spacial score (nSPS) is 34.5. The first-order chi connectivity index (χ1) is 5.00. The van der Waals surface area contributed by atoms with E-state index in [0.29, 0.717) is 12.5 Å². The predicted octanol–water partition coefficient (Wildman–Crippen LogP) is 0.692. The predicted molar refractivity (Wildman–Crippen MR) is 42.1 cm³/mol. The lowest BCUT2D eigenvalue weighted by molar-refractivity contribution is -0.158. The van der Waals surface area contributed by atoms with E-state index in [1.807, 2.05) is 13.8 Å². The fourth-order valence-electron chi connectivity index (χ4n) is 1.84. The molecule has 1 aliphatic rings. The highest BCUT2D eigenvalue weighted by molar-refractivity contribution is 5.72. The molecule has 1 saturated carbocycles. The lowest BCUT2D eigenvalue weighted by Gasteiger charge is -2.49. The molecule has 0 aromatic rings. The minimum atomic E-state index is -0.681. The second-order valence-electron chi connectivity index (χ2n) is 3.88. The highest BCUT2D eigenvalue weighted by Gasteiger charge is 2.50. The fourth-order valence-corrected chi connectivity index (χ4v) is 1.84. The Kier molecular flexibility index (Phi) is 1.92. The summed E-state index contributed by atoms with van der Waals surface area (Å²) < 4.78 is 0. The van der Waals surface area contributed by atoms with Crippen LogP contribution in [0.15, 0.2) is 0 Å². The fraction of sp³-hybridized carbons (Fsp3) is 0.875. The minimum Gasteiger partial charge on any atom is -0.481 e. The third kappa shape index (κ3) is 1.13. The van der Waals surface area contributed by atoms with Gasteiger partial charge in [0.25, 0.3) is 0 Å². The van der Waals surface area contributed by atoms with E-state index in [1.165, 1.54) is 0 Å². The monoisotopic (exact) mass is 157 g/mol. The van der Waals surface area contributed by atoms with Crippen molar-refractivity contribution in [2.75, 3.05) is 6.54 Å². The van der Waals surface area contributed by atoms with Gasteiger partial charge in [-0.1, -0.05) is 13.8 Å². The van der Waals surface area contributed by atoms with E-state index >= 15 is 0 Å². The summed E-state index contributed by atoms with van der Waals surface area (Å²) in [6, 6.07) is 0.